The fourth-order valence-corrected chi connectivity index (χ4v) is 12.5. The number of fused-ring (bicyclic) bond motifs is 10. The van der Waals surface area contributed by atoms with E-state index in [0.717, 1.165) is 5.69 Å². The van der Waals surface area contributed by atoms with Crippen LogP contribution in [0, 0.1) is 0 Å². The van der Waals surface area contributed by atoms with E-state index in [1.54, 1.807) is 0 Å². The summed E-state index contributed by atoms with van der Waals surface area (Å²) in [6.45, 7) is 0. The minimum atomic E-state index is 1.16. The van der Waals surface area contributed by atoms with Crippen molar-refractivity contribution in [1.29, 1.82) is 0 Å². The molecular formula is C64H39NS. The molecule has 0 radical (unpaired) electrons. The molecule has 0 saturated carbocycles. The van der Waals surface area contributed by atoms with Crippen molar-refractivity contribution in [3.63, 3.8) is 0 Å². The Balaban J connectivity index is 1.01. The maximum atomic E-state index is 2.46. The van der Waals surface area contributed by atoms with Gasteiger partial charge in [0.1, 0.15) is 0 Å². The normalized spacial score (nSPS) is 11.9. The zero-order valence-corrected chi connectivity index (χ0v) is 36.7. The van der Waals surface area contributed by atoms with Gasteiger partial charge in [-0.05, 0) is 118 Å². The van der Waals surface area contributed by atoms with E-state index in [0.29, 0.717) is 0 Å². The molecule has 306 valence electrons. The number of aromatic nitrogens is 1. The van der Waals surface area contributed by atoms with Crippen LogP contribution in [0.3, 0.4) is 0 Å². The smallest absolute Gasteiger partial charge is 0.0547 e. The van der Waals surface area contributed by atoms with Gasteiger partial charge in [0.25, 0.3) is 0 Å². The largest absolute Gasteiger partial charge is 0.309 e. The van der Waals surface area contributed by atoms with Crippen molar-refractivity contribution in [3.05, 3.63) is 237 Å². The molecule has 0 bridgehead atoms. The van der Waals surface area contributed by atoms with E-state index < -0.39 is 0 Å². The van der Waals surface area contributed by atoms with Gasteiger partial charge >= 0.3 is 0 Å². The molecule has 2 heteroatoms. The van der Waals surface area contributed by atoms with Crippen molar-refractivity contribution in [2.24, 2.45) is 0 Å². The Morgan fingerprint density at radius 1 is 0.273 bits per heavy atom. The van der Waals surface area contributed by atoms with Crippen LogP contribution in [0.2, 0.25) is 0 Å². The van der Waals surface area contributed by atoms with E-state index in [-0.39, 0.29) is 0 Å². The molecule has 2 heterocycles. The maximum Gasteiger partial charge on any atom is 0.0547 e. The van der Waals surface area contributed by atoms with Crippen LogP contribution in [0.25, 0.3) is 135 Å². The molecule has 2 aromatic heterocycles. The van der Waals surface area contributed by atoms with Crippen molar-refractivity contribution < 1.29 is 0 Å². The van der Waals surface area contributed by atoms with Gasteiger partial charge in [-0.2, -0.15) is 0 Å². The van der Waals surface area contributed by atoms with E-state index >= 15 is 0 Å². The Bertz CT molecular complexity index is 4160. The topological polar surface area (TPSA) is 4.93 Å². The molecule has 0 aliphatic rings. The monoisotopic (exact) mass is 853 g/mol. The number of hydrogen-bond donors (Lipinski definition) is 0. The van der Waals surface area contributed by atoms with E-state index in [4.69, 9.17) is 0 Å². The summed E-state index contributed by atoms with van der Waals surface area (Å²) in [5, 5.41) is 15.2. The van der Waals surface area contributed by atoms with E-state index in [1.165, 1.54) is 130 Å². The minimum absolute atomic E-state index is 1.16. The van der Waals surface area contributed by atoms with Gasteiger partial charge in [0.15, 0.2) is 0 Å². The lowest BCUT2D eigenvalue weighted by molar-refractivity contribution is 1.18. The Kier molecular flexibility index (Phi) is 8.22. The van der Waals surface area contributed by atoms with Crippen LogP contribution < -0.4 is 0 Å². The van der Waals surface area contributed by atoms with E-state index in [2.05, 4.69) is 241 Å². The van der Waals surface area contributed by atoms with Gasteiger partial charge in [-0.3, -0.25) is 0 Å². The lowest BCUT2D eigenvalue weighted by atomic mass is 9.84. The molecule has 0 fully saturated rings. The van der Waals surface area contributed by atoms with Gasteiger partial charge in [-0.15, -0.1) is 11.3 Å². The van der Waals surface area contributed by atoms with Crippen molar-refractivity contribution in [1.82, 2.24) is 4.57 Å². The number of nitrogens with zero attached hydrogens (tertiary/aromatic N) is 1. The fraction of sp³-hybridized carbons (Fsp3) is 0. The van der Waals surface area contributed by atoms with Crippen molar-refractivity contribution in [2.45, 2.75) is 0 Å². The quantitative estimate of drug-likeness (QED) is 0.152. The molecule has 0 N–H and O–H groups in total. The highest BCUT2D eigenvalue weighted by Crippen LogP contribution is 2.51. The summed E-state index contributed by atoms with van der Waals surface area (Å²) < 4.78 is 5.03. The zero-order chi connectivity index (χ0) is 43.3. The lowest BCUT2D eigenvalue weighted by Crippen LogP contribution is -1.93. The Labute approximate surface area is 385 Å². The van der Waals surface area contributed by atoms with Gasteiger partial charge in [0.2, 0.25) is 0 Å². The molecule has 14 rings (SSSR count). The first-order chi connectivity index (χ1) is 32.8. The molecule has 0 saturated heterocycles. The second-order valence-electron chi connectivity index (χ2n) is 17.4. The number of hydrogen-bond acceptors (Lipinski definition) is 1. The molecular weight excluding hydrogens is 815 g/mol. The molecule has 0 aliphatic heterocycles. The Morgan fingerprint density at radius 2 is 0.712 bits per heavy atom. The van der Waals surface area contributed by atoms with Crippen LogP contribution >= 0.6 is 11.3 Å². The Morgan fingerprint density at radius 3 is 1.32 bits per heavy atom. The fourth-order valence-electron chi connectivity index (χ4n) is 11.3. The van der Waals surface area contributed by atoms with Gasteiger partial charge in [0.05, 0.1) is 11.0 Å². The predicted octanol–water partition coefficient (Wildman–Crippen LogP) is 18.4. The first-order valence-electron chi connectivity index (χ1n) is 22.8. The summed E-state index contributed by atoms with van der Waals surface area (Å²) in [6, 6.07) is 87.6. The average Bonchev–Trinajstić information content (AvgIpc) is 3.94. The number of rotatable bonds is 5. The second kappa shape index (κ2) is 14.6. The number of benzene rings is 12. The molecule has 1 nitrogen and oxygen atoms in total. The zero-order valence-electron chi connectivity index (χ0n) is 35.9. The summed E-state index contributed by atoms with van der Waals surface area (Å²) in [6.07, 6.45) is 0. The van der Waals surface area contributed by atoms with Crippen molar-refractivity contribution in [3.8, 4) is 50.2 Å². The number of para-hydroxylation sites is 2. The van der Waals surface area contributed by atoms with Crippen LogP contribution in [-0.2, 0) is 0 Å². The van der Waals surface area contributed by atoms with E-state index in [1.807, 2.05) is 11.3 Å². The standard InChI is InChI=1S/C64H39NS/c1-3-19-40(20-4-1)59-43-23-7-9-25-45(43)60(46-26-10-8-24-44(46)59)41-37-38-58-55(39-41)51-32-17-34-54(64(51)66-58)62-49-29-13-11-27-47(49)61(48-28-12-14-30-50(48)62)53-33-18-36-57-63(53)52-31-15-16-35-56(52)65(57)42-21-5-2-6-22-42/h1-39H. The molecule has 0 aliphatic carbocycles. The molecule has 0 spiro atoms. The maximum absolute atomic E-state index is 2.46. The summed E-state index contributed by atoms with van der Waals surface area (Å²) in [7, 11) is 0. The van der Waals surface area contributed by atoms with E-state index in [9.17, 15) is 0 Å². The van der Waals surface area contributed by atoms with Gasteiger partial charge in [-0.1, -0.05) is 200 Å². The third-order valence-electron chi connectivity index (χ3n) is 14.0. The first kappa shape index (κ1) is 37.1. The highest BCUT2D eigenvalue weighted by molar-refractivity contribution is 7.26. The first-order valence-corrected chi connectivity index (χ1v) is 23.6. The molecule has 66 heavy (non-hydrogen) atoms. The third kappa shape index (κ3) is 5.40. The summed E-state index contributed by atoms with van der Waals surface area (Å²) in [4.78, 5) is 0. The van der Waals surface area contributed by atoms with Crippen molar-refractivity contribution >= 4 is 96.4 Å². The highest BCUT2D eigenvalue weighted by Gasteiger charge is 2.23. The highest BCUT2D eigenvalue weighted by atomic mass is 32.1. The lowest BCUT2D eigenvalue weighted by Gasteiger charge is -2.19. The SMILES string of the molecule is c1ccc(-c2c3ccccc3c(-c3ccc4sc5c(-c6c7ccccc7c(-c7cccc8c7c7ccccc7n8-c7ccccc7)c7ccccc67)cccc5c4c3)c3ccccc23)cc1. The molecule has 12 aromatic carbocycles. The van der Waals surface area contributed by atoms with Crippen LogP contribution in [0.15, 0.2) is 237 Å². The predicted molar refractivity (Wildman–Crippen MR) is 285 cm³/mol. The summed E-state index contributed by atoms with van der Waals surface area (Å²) in [5.41, 5.74) is 13.7. The minimum Gasteiger partial charge on any atom is -0.309 e. The molecule has 14 aromatic rings. The molecule has 0 unspecified atom stereocenters. The second-order valence-corrected chi connectivity index (χ2v) is 18.5. The molecule has 0 atom stereocenters. The third-order valence-corrected chi connectivity index (χ3v) is 15.2. The van der Waals surface area contributed by atoms with Crippen LogP contribution in [0.1, 0.15) is 0 Å². The number of thiophene rings is 1. The summed E-state index contributed by atoms with van der Waals surface area (Å²) in [5.74, 6) is 0. The average molecular weight is 854 g/mol. The molecule has 0 amide bonds. The Hall–Kier alpha value is -8.30. The van der Waals surface area contributed by atoms with Crippen LogP contribution in [-0.4, -0.2) is 4.57 Å². The van der Waals surface area contributed by atoms with Crippen LogP contribution in [0.4, 0.5) is 0 Å². The van der Waals surface area contributed by atoms with Gasteiger partial charge < -0.3 is 4.57 Å². The summed E-state index contributed by atoms with van der Waals surface area (Å²) >= 11 is 1.91. The van der Waals surface area contributed by atoms with Crippen molar-refractivity contribution in [2.75, 3.05) is 0 Å². The van der Waals surface area contributed by atoms with Gasteiger partial charge in [-0.25, -0.2) is 0 Å². The van der Waals surface area contributed by atoms with Crippen LogP contribution in [0.5, 0.6) is 0 Å². The van der Waals surface area contributed by atoms with Gasteiger partial charge in [0, 0.05) is 42.2 Å².